The molecule has 2 N–H and O–H groups in total. The maximum Gasteiger partial charge on any atom is 0.321 e. The minimum absolute atomic E-state index is 0.0253. The minimum Gasteiger partial charge on any atom is -0.337 e. The Balaban J connectivity index is 1.74. The first-order chi connectivity index (χ1) is 13.8. The summed E-state index contributed by atoms with van der Waals surface area (Å²) in [5, 5.41) is 13.0. The normalized spacial score (nSPS) is 24.2. The van der Waals surface area contributed by atoms with Crippen LogP contribution in [0.4, 0.5) is 9.18 Å². The topological polar surface area (TPSA) is 84.0 Å². The molecule has 2 fully saturated rings. The van der Waals surface area contributed by atoms with E-state index in [4.69, 9.17) is 11.6 Å². The summed E-state index contributed by atoms with van der Waals surface area (Å²) >= 11 is 6.20. The summed E-state index contributed by atoms with van der Waals surface area (Å²) in [6, 6.07) is 1.21. The molecule has 6 nitrogen and oxygen atoms in total. The van der Waals surface area contributed by atoms with Crippen LogP contribution in [0.1, 0.15) is 43.4 Å². The van der Waals surface area contributed by atoms with Gasteiger partial charge < -0.3 is 5.32 Å². The molecule has 1 aliphatic carbocycles. The maximum atomic E-state index is 14.0. The summed E-state index contributed by atoms with van der Waals surface area (Å²) in [6.45, 7) is 7.24. The first kappa shape index (κ1) is 20.7. The highest BCUT2D eigenvalue weighted by Gasteiger charge is 2.40. The van der Waals surface area contributed by atoms with Gasteiger partial charge in [0.15, 0.2) is 5.15 Å². The van der Waals surface area contributed by atoms with Gasteiger partial charge in [0.05, 0.1) is 11.6 Å². The Labute approximate surface area is 173 Å². The van der Waals surface area contributed by atoms with Gasteiger partial charge in [-0.15, -0.1) is 5.10 Å². The highest BCUT2D eigenvalue weighted by atomic mass is 35.5. The van der Waals surface area contributed by atoms with Crippen LogP contribution in [0.3, 0.4) is 0 Å². The van der Waals surface area contributed by atoms with Gasteiger partial charge in [-0.3, -0.25) is 10.1 Å². The average Bonchev–Trinajstić information content (AvgIpc) is 3.44. The summed E-state index contributed by atoms with van der Waals surface area (Å²) in [5.74, 6) is 4.55. The van der Waals surface area contributed by atoms with Crippen molar-refractivity contribution in [2.24, 2.45) is 5.92 Å². The Morgan fingerprint density at radius 2 is 2.10 bits per heavy atom. The number of urea groups is 1. The largest absolute Gasteiger partial charge is 0.337 e. The molecule has 0 bridgehead atoms. The van der Waals surface area contributed by atoms with E-state index in [1.54, 1.807) is 26.0 Å². The van der Waals surface area contributed by atoms with Gasteiger partial charge in [0.1, 0.15) is 5.83 Å². The van der Waals surface area contributed by atoms with Gasteiger partial charge in [-0.25, -0.2) is 9.18 Å². The summed E-state index contributed by atoms with van der Waals surface area (Å²) in [5.41, 5.74) is 2.30. The quantitative estimate of drug-likeness (QED) is 0.583. The van der Waals surface area contributed by atoms with Crippen molar-refractivity contribution in [2.75, 3.05) is 6.54 Å². The Hall–Kier alpha value is -2.98. The Kier molecular flexibility index (Phi) is 6.14. The van der Waals surface area contributed by atoms with Crippen molar-refractivity contribution in [2.45, 2.75) is 32.1 Å². The lowest BCUT2D eigenvalue weighted by atomic mass is 10.00. The van der Waals surface area contributed by atoms with Crippen molar-refractivity contribution in [1.82, 2.24) is 20.8 Å². The van der Waals surface area contributed by atoms with Crippen LogP contribution < -0.4 is 10.6 Å². The number of nitrogens with one attached hydrogen (secondary N) is 2. The third kappa shape index (κ3) is 5.09. The number of halogens is 2. The molecule has 0 aromatic carbocycles. The second-order valence-electron chi connectivity index (χ2n) is 7.14. The molecular weight excluding hydrogens is 395 g/mol. The predicted molar refractivity (Wildman–Crippen MR) is 108 cm³/mol. The van der Waals surface area contributed by atoms with E-state index in [1.165, 1.54) is 6.08 Å². The van der Waals surface area contributed by atoms with Gasteiger partial charge in [0.2, 0.25) is 5.91 Å². The van der Waals surface area contributed by atoms with Crippen molar-refractivity contribution in [3.63, 3.8) is 0 Å². The van der Waals surface area contributed by atoms with Crippen LogP contribution >= 0.6 is 11.6 Å². The molecule has 150 valence electrons. The zero-order valence-corrected chi connectivity index (χ0v) is 16.8. The molecule has 0 radical (unpaired) electrons. The fraction of sp³-hybridized carbons (Fsp3) is 0.333. The molecular formula is C21H20ClFN4O2. The van der Waals surface area contributed by atoms with Gasteiger partial charge >= 0.3 is 6.03 Å². The van der Waals surface area contributed by atoms with Gasteiger partial charge in [-0.1, -0.05) is 41.7 Å². The predicted octanol–water partition coefficient (Wildman–Crippen LogP) is 3.54. The van der Waals surface area contributed by atoms with Crippen LogP contribution in [0.5, 0.6) is 0 Å². The number of nitrogens with zero attached hydrogens (tertiary/aromatic N) is 2. The lowest BCUT2D eigenvalue weighted by Gasteiger charge is -2.21. The molecule has 1 saturated carbocycles. The SMILES string of the molecule is C=C(C)/C=C\C(F)=C(/C)C#C[C@H]1C[C@@H]1c1cc(C2CNC(=O)NC2=O)nnc1Cl. The summed E-state index contributed by atoms with van der Waals surface area (Å²) < 4.78 is 14.0. The molecule has 3 rings (SSSR count). The molecule has 3 amide bonds. The van der Waals surface area contributed by atoms with E-state index < -0.39 is 23.7 Å². The minimum atomic E-state index is -0.626. The van der Waals surface area contributed by atoms with E-state index in [0.29, 0.717) is 11.3 Å². The van der Waals surface area contributed by atoms with Crippen LogP contribution in [-0.2, 0) is 4.79 Å². The zero-order chi connectivity index (χ0) is 21.1. The molecule has 2 heterocycles. The first-order valence-corrected chi connectivity index (χ1v) is 9.47. The molecule has 1 aromatic rings. The molecule has 0 spiro atoms. The molecule has 29 heavy (non-hydrogen) atoms. The summed E-state index contributed by atoms with van der Waals surface area (Å²) in [7, 11) is 0. The molecule has 1 saturated heterocycles. The number of carbonyl (C=O) groups excluding carboxylic acids is 2. The monoisotopic (exact) mass is 414 g/mol. The van der Waals surface area contributed by atoms with Gasteiger partial charge in [0.25, 0.3) is 0 Å². The molecule has 1 aromatic heterocycles. The first-order valence-electron chi connectivity index (χ1n) is 9.09. The zero-order valence-electron chi connectivity index (χ0n) is 16.1. The fourth-order valence-electron chi connectivity index (χ4n) is 2.91. The fourth-order valence-corrected chi connectivity index (χ4v) is 3.14. The number of imide groups is 1. The van der Waals surface area contributed by atoms with Crippen molar-refractivity contribution in [1.29, 1.82) is 0 Å². The van der Waals surface area contributed by atoms with Crippen molar-refractivity contribution in [3.05, 3.63) is 58.2 Å². The molecule has 1 unspecified atom stereocenters. The molecule has 2 aliphatic rings. The number of hydrogen-bond donors (Lipinski definition) is 2. The number of allylic oxidation sites excluding steroid dienone is 5. The lowest BCUT2D eigenvalue weighted by Crippen LogP contribution is -2.51. The van der Waals surface area contributed by atoms with Gasteiger partial charge in [-0.05, 0) is 38.0 Å². The van der Waals surface area contributed by atoms with Crippen LogP contribution in [0.15, 0.2) is 41.8 Å². The number of aromatic nitrogens is 2. The second-order valence-corrected chi connectivity index (χ2v) is 7.50. The van der Waals surface area contributed by atoms with Gasteiger partial charge in [0, 0.05) is 24.0 Å². The van der Waals surface area contributed by atoms with E-state index >= 15 is 0 Å². The molecule has 8 heteroatoms. The van der Waals surface area contributed by atoms with Crippen LogP contribution in [0, 0.1) is 17.8 Å². The Morgan fingerprint density at radius 3 is 2.79 bits per heavy atom. The van der Waals surface area contributed by atoms with E-state index in [1.807, 2.05) is 0 Å². The standard InChI is InChI=1S/C21H20ClFN4O2/c1-11(2)4-7-17(23)12(3)5-6-13-8-14(13)15-9-18(26-27-19(15)22)16-10-24-21(29)25-20(16)28/h4,7,9,13-14,16H,1,8,10H2,2-3H3,(H2,24,25,28,29)/b7-4-,17-12-/t13-,14-,16?/m0/s1. The highest BCUT2D eigenvalue weighted by Crippen LogP contribution is 2.49. The Morgan fingerprint density at radius 1 is 1.34 bits per heavy atom. The highest BCUT2D eigenvalue weighted by molar-refractivity contribution is 6.30. The van der Waals surface area contributed by atoms with E-state index in [2.05, 4.69) is 39.3 Å². The van der Waals surface area contributed by atoms with Crippen molar-refractivity contribution < 1.29 is 14.0 Å². The van der Waals surface area contributed by atoms with E-state index in [0.717, 1.165) is 17.6 Å². The van der Waals surface area contributed by atoms with Crippen LogP contribution in [-0.4, -0.2) is 28.7 Å². The van der Waals surface area contributed by atoms with Crippen LogP contribution in [0.25, 0.3) is 0 Å². The van der Waals surface area contributed by atoms with E-state index in [-0.39, 0.29) is 23.5 Å². The maximum absolute atomic E-state index is 14.0. The smallest absolute Gasteiger partial charge is 0.321 e. The molecule has 1 aliphatic heterocycles. The van der Waals surface area contributed by atoms with Crippen LogP contribution in [0.2, 0.25) is 5.15 Å². The Bertz CT molecular complexity index is 1010. The number of amides is 3. The van der Waals surface area contributed by atoms with Crippen molar-refractivity contribution >= 4 is 23.5 Å². The lowest BCUT2D eigenvalue weighted by molar-refractivity contribution is -0.122. The molecule has 3 atom stereocenters. The summed E-state index contributed by atoms with van der Waals surface area (Å²) in [4.78, 5) is 23.3. The third-order valence-corrected chi connectivity index (χ3v) is 4.97. The second kappa shape index (κ2) is 8.58. The van der Waals surface area contributed by atoms with Gasteiger partial charge in [-0.2, -0.15) is 5.10 Å². The van der Waals surface area contributed by atoms with Crippen molar-refractivity contribution in [3.8, 4) is 11.8 Å². The summed E-state index contributed by atoms with van der Waals surface area (Å²) in [6.07, 6.45) is 3.71. The number of rotatable bonds is 4. The average molecular weight is 415 g/mol. The number of hydrogen-bond acceptors (Lipinski definition) is 4. The number of carbonyl (C=O) groups is 2. The van der Waals surface area contributed by atoms with E-state index in [9.17, 15) is 14.0 Å². The third-order valence-electron chi connectivity index (χ3n) is 4.68.